The number of benzene rings is 1. The van der Waals surface area contributed by atoms with Crippen molar-refractivity contribution in [1.82, 2.24) is 5.32 Å². The van der Waals surface area contributed by atoms with E-state index in [0.29, 0.717) is 12.0 Å². The molecular weight excluding hydrogens is 234 g/mol. The van der Waals surface area contributed by atoms with Gasteiger partial charge in [-0.15, -0.1) is 0 Å². The maximum absolute atomic E-state index is 6.06. The second kappa shape index (κ2) is 5.38. The normalized spacial score (nSPS) is 23.5. The van der Waals surface area contributed by atoms with Gasteiger partial charge >= 0.3 is 0 Å². The van der Waals surface area contributed by atoms with Crippen LogP contribution < -0.4 is 5.32 Å². The minimum atomic E-state index is 0.567. The fourth-order valence-corrected chi connectivity index (χ4v) is 3.23. The maximum atomic E-state index is 6.06. The molecule has 1 fully saturated rings. The van der Waals surface area contributed by atoms with Crippen LogP contribution in [0.15, 0.2) is 34.7 Å². The molecule has 1 N–H and O–H groups in total. The molecule has 0 radical (unpaired) electrons. The van der Waals surface area contributed by atoms with E-state index in [1.54, 1.807) is 0 Å². The number of para-hydroxylation sites is 1. The van der Waals surface area contributed by atoms with Crippen molar-refractivity contribution in [3.63, 3.8) is 0 Å². The summed E-state index contributed by atoms with van der Waals surface area (Å²) in [5, 5.41) is 4.82. The Labute approximate surface area is 115 Å². The Bertz CT molecular complexity index is 510. The van der Waals surface area contributed by atoms with Crippen LogP contribution in [-0.2, 0) is 0 Å². The van der Waals surface area contributed by atoms with Crippen LogP contribution in [0.25, 0.3) is 11.0 Å². The van der Waals surface area contributed by atoms with Gasteiger partial charge < -0.3 is 9.73 Å². The zero-order chi connectivity index (χ0) is 13.2. The molecular formula is C17H23NO. The van der Waals surface area contributed by atoms with Gasteiger partial charge in [-0.1, -0.05) is 38.5 Å². The van der Waals surface area contributed by atoms with Gasteiger partial charge in [0.2, 0.25) is 0 Å². The first-order chi connectivity index (χ1) is 9.24. The van der Waals surface area contributed by atoms with Crippen molar-refractivity contribution in [2.24, 2.45) is 5.92 Å². The van der Waals surface area contributed by atoms with E-state index in [9.17, 15) is 0 Å². The number of hydrogen-bond donors (Lipinski definition) is 1. The summed E-state index contributed by atoms with van der Waals surface area (Å²) in [6, 6.07) is 11.1. The highest BCUT2D eigenvalue weighted by molar-refractivity contribution is 5.77. The molecule has 2 aromatic rings. The highest BCUT2D eigenvalue weighted by Gasteiger charge is 2.30. The Balaban J connectivity index is 1.79. The molecule has 1 aliphatic carbocycles. The van der Waals surface area contributed by atoms with E-state index in [0.717, 1.165) is 18.0 Å². The second-order valence-electron chi connectivity index (χ2n) is 6.05. The van der Waals surface area contributed by atoms with Crippen LogP contribution in [0.5, 0.6) is 0 Å². The summed E-state index contributed by atoms with van der Waals surface area (Å²) in [6.45, 7) is 5.54. The number of furan rings is 1. The summed E-state index contributed by atoms with van der Waals surface area (Å²) in [7, 11) is 0. The highest BCUT2D eigenvalue weighted by Crippen LogP contribution is 2.41. The molecule has 2 atom stereocenters. The summed E-state index contributed by atoms with van der Waals surface area (Å²) >= 11 is 0. The van der Waals surface area contributed by atoms with Gasteiger partial charge in [-0.3, -0.25) is 0 Å². The van der Waals surface area contributed by atoms with E-state index in [4.69, 9.17) is 4.42 Å². The monoisotopic (exact) mass is 257 g/mol. The minimum Gasteiger partial charge on any atom is -0.461 e. The first-order valence-electron chi connectivity index (χ1n) is 7.46. The van der Waals surface area contributed by atoms with Gasteiger partial charge in [0, 0.05) is 17.3 Å². The number of rotatable bonds is 4. The molecule has 2 unspecified atom stereocenters. The predicted octanol–water partition coefficient (Wildman–Crippen LogP) is 4.31. The van der Waals surface area contributed by atoms with Crippen molar-refractivity contribution in [3.05, 3.63) is 36.1 Å². The Hall–Kier alpha value is -1.28. The first-order valence-corrected chi connectivity index (χ1v) is 7.46. The van der Waals surface area contributed by atoms with E-state index >= 15 is 0 Å². The highest BCUT2D eigenvalue weighted by atomic mass is 16.3. The van der Waals surface area contributed by atoms with Crippen LogP contribution in [0.4, 0.5) is 0 Å². The lowest BCUT2D eigenvalue weighted by molar-refractivity contribution is 0.379. The molecule has 0 aliphatic heterocycles. The third-order valence-corrected chi connectivity index (χ3v) is 4.26. The molecule has 1 aromatic heterocycles. The molecule has 0 saturated heterocycles. The predicted molar refractivity (Wildman–Crippen MR) is 79.4 cm³/mol. The number of fused-ring (bicyclic) bond motifs is 1. The topological polar surface area (TPSA) is 25.2 Å². The van der Waals surface area contributed by atoms with Crippen molar-refractivity contribution in [1.29, 1.82) is 0 Å². The number of nitrogens with one attached hydrogen (secondary N) is 1. The SMILES string of the molecule is CC(C)NCC1CCCC1c1cc2ccccc2o1. The lowest BCUT2D eigenvalue weighted by Gasteiger charge is -2.19. The lowest BCUT2D eigenvalue weighted by Crippen LogP contribution is -2.29. The molecule has 0 spiro atoms. The molecule has 102 valence electrons. The van der Waals surface area contributed by atoms with Gasteiger partial charge in [-0.25, -0.2) is 0 Å². The van der Waals surface area contributed by atoms with Gasteiger partial charge in [0.15, 0.2) is 0 Å². The minimum absolute atomic E-state index is 0.567. The van der Waals surface area contributed by atoms with Crippen LogP contribution in [0.2, 0.25) is 0 Å². The zero-order valence-corrected chi connectivity index (χ0v) is 11.9. The van der Waals surface area contributed by atoms with E-state index in [2.05, 4.69) is 43.4 Å². The molecule has 2 heteroatoms. The lowest BCUT2D eigenvalue weighted by atomic mass is 9.93. The Morgan fingerprint density at radius 2 is 2.11 bits per heavy atom. The summed E-state index contributed by atoms with van der Waals surface area (Å²) in [5.74, 6) is 2.51. The molecule has 19 heavy (non-hydrogen) atoms. The fourth-order valence-electron chi connectivity index (χ4n) is 3.23. The van der Waals surface area contributed by atoms with E-state index < -0.39 is 0 Å². The summed E-state index contributed by atoms with van der Waals surface area (Å²) in [5.41, 5.74) is 1.03. The van der Waals surface area contributed by atoms with E-state index in [1.165, 1.54) is 30.4 Å². The quantitative estimate of drug-likeness (QED) is 0.882. The standard InChI is InChI=1S/C17H23NO/c1-12(2)18-11-14-7-5-8-15(14)17-10-13-6-3-4-9-16(13)19-17/h3-4,6,9-10,12,14-15,18H,5,7-8,11H2,1-2H3. The van der Waals surface area contributed by atoms with Gasteiger partial charge in [0.05, 0.1) is 0 Å². The molecule has 1 aliphatic rings. The van der Waals surface area contributed by atoms with Crippen LogP contribution in [0.1, 0.15) is 44.8 Å². The molecule has 3 rings (SSSR count). The van der Waals surface area contributed by atoms with Crippen molar-refractivity contribution in [2.45, 2.75) is 45.1 Å². The van der Waals surface area contributed by atoms with Gasteiger partial charge in [-0.05, 0) is 37.4 Å². The van der Waals surface area contributed by atoms with Gasteiger partial charge in [0.1, 0.15) is 11.3 Å². The Morgan fingerprint density at radius 1 is 1.26 bits per heavy atom. The molecule has 2 nitrogen and oxygen atoms in total. The third-order valence-electron chi connectivity index (χ3n) is 4.26. The van der Waals surface area contributed by atoms with Crippen molar-refractivity contribution < 1.29 is 4.42 Å². The van der Waals surface area contributed by atoms with Crippen molar-refractivity contribution >= 4 is 11.0 Å². The fraction of sp³-hybridized carbons (Fsp3) is 0.529. The largest absolute Gasteiger partial charge is 0.461 e. The average Bonchev–Trinajstić information content (AvgIpc) is 3.02. The second-order valence-corrected chi connectivity index (χ2v) is 6.05. The maximum Gasteiger partial charge on any atom is 0.134 e. The van der Waals surface area contributed by atoms with Crippen LogP contribution in [-0.4, -0.2) is 12.6 Å². The van der Waals surface area contributed by atoms with Gasteiger partial charge in [0.25, 0.3) is 0 Å². The van der Waals surface area contributed by atoms with Crippen molar-refractivity contribution in [3.8, 4) is 0 Å². The Morgan fingerprint density at radius 3 is 2.89 bits per heavy atom. The molecule has 0 bridgehead atoms. The van der Waals surface area contributed by atoms with Crippen molar-refractivity contribution in [2.75, 3.05) is 6.54 Å². The van der Waals surface area contributed by atoms with Crippen LogP contribution in [0, 0.1) is 5.92 Å². The number of hydrogen-bond acceptors (Lipinski definition) is 2. The average molecular weight is 257 g/mol. The van der Waals surface area contributed by atoms with Crippen LogP contribution in [0.3, 0.4) is 0 Å². The smallest absolute Gasteiger partial charge is 0.134 e. The van der Waals surface area contributed by atoms with Gasteiger partial charge in [-0.2, -0.15) is 0 Å². The van der Waals surface area contributed by atoms with Crippen LogP contribution >= 0.6 is 0 Å². The summed E-state index contributed by atoms with van der Waals surface area (Å²) in [6.07, 6.45) is 3.91. The van der Waals surface area contributed by atoms with E-state index in [-0.39, 0.29) is 0 Å². The Kier molecular flexibility index (Phi) is 3.61. The molecule has 0 amide bonds. The van der Waals surface area contributed by atoms with E-state index in [1.807, 2.05) is 6.07 Å². The first kappa shape index (κ1) is 12.7. The molecule has 1 saturated carbocycles. The summed E-state index contributed by atoms with van der Waals surface area (Å²) in [4.78, 5) is 0. The zero-order valence-electron chi connectivity index (χ0n) is 11.9. The molecule has 1 aromatic carbocycles. The third kappa shape index (κ3) is 2.69. The molecule has 1 heterocycles. The summed E-state index contributed by atoms with van der Waals surface area (Å²) < 4.78 is 6.06.